The molecule has 0 amide bonds. The van der Waals surface area contributed by atoms with Gasteiger partial charge >= 0.3 is 0 Å². The van der Waals surface area contributed by atoms with Gasteiger partial charge in [-0.15, -0.1) is 0 Å². The Balaban J connectivity index is 2.45. The first-order chi connectivity index (χ1) is 9.90. The fraction of sp³-hybridized carbons (Fsp3) is 0.667. The first-order valence-electron chi connectivity index (χ1n) is 8.01. The highest BCUT2D eigenvalue weighted by molar-refractivity contribution is 5.32. The van der Waals surface area contributed by atoms with Crippen molar-refractivity contribution < 1.29 is 4.39 Å². The second-order valence-electron chi connectivity index (χ2n) is 6.92. The van der Waals surface area contributed by atoms with Gasteiger partial charge in [0.1, 0.15) is 5.82 Å². The smallest absolute Gasteiger partial charge is 0.123 e. The number of nitrogens with one attached hydrogen (secondary N) is 1. The predicted molar refractivity (Wildman–Crippen MR) is 87.0 cm³/mol. The molecule has 2 rings (SSSR count). The van der Waals surface area contributed by atoms with Crippen LogP contribution in [0.4, 0.5) is 4.39 Å². The van der Waals surface area contributed by atoms with Gasteiger partial charge < -0.3 is 10.2 Å². The maximum Gasteiger partial charge on any atom is 0.123 e. The molecule has 21 heavy (non-hydrogen) atoms. The molecule has 2 nitrogen and oxygen atoms in total. The van der Waals surface area contributed by atoms with E-state index in [-0.39, 0.29) is 17.4 Å². The van der Waals surface area contributed by atoms with Crippen LogP contribution in [0.15, 0.2) is 18.2 Å². The average molecular weight is 292 g/mol. The summed E-state index contributed by atoms with van der Waals surface area (Å²) in [6.45, 7) is 4.36. The summed E-state index contributed by atoms with van der Waals surface area (Å²) in [4.78, 5) is 2.38. The van der Waals surface area contributed by atoms with Gasteiger partial charge in [-0.2, -0.15) is 0 Å². The van der Waals surface area contributed by atoms with Gasteiger partial charge in [-0.3, -0.25) is 0 Å². The van der Waals surface area contributed by atoms with Crippen molar-refractivity contribution in [1.82, 2.24) is 10.2 Å². The standard InChI is InChI=1S/C18H29FN2/c1-13-7-6-10-18(12-13,21(4)5)17(20-3)16-9-8-15(19)11-14(16)2/h8-9,11,13,17,20H,6-7,10,12H2,1-5H3. The molecule has 0 bridgehead atoms. The Kier molecular flexibility index (Phi) is 5.05. The summed E-state index contributed by atoms with van der Waals surface area (Å²) in [6, 6.07) is 5.42. The summed E-state index contributed by atoms with van der Waals surface area (Å²) in [5.41, 5.74) is 2.37. The molecule has 3 atom stereocenters. The van der Waals surface area contributed by atoms with Crippen LogP contribution >= 0.6 is 0 Å². The SMILES string of the molecule is CNC(c1ccc(F)cc1C)C1(N(C)C)CCCC(C)C1. The highest BCUT2D eigenvalue weighted by Gasteiger charge is 2.44. The number of hydrogen-bond acceptors (Lipinski definition) is 2. The lowest BCUT2D eigenvalue weighted by Gasteiger charge is -2.50. The molecule has 0 radical (unpaired) electrons. The normalized spacial score (nSPS) is 27.9. The molecule has 1 N–H and O–H groups in total. The number of likely N-dealkylation sites (N-methyl/N-ethyl adjacent to an activating group) is 2. The molecule has 3 unspecified atom stereocenters. The average Bonchev–Trinajstić information content (AvgIpc) is 2.41. The van der Waals surface area contributed by atoms with Crippen LogP contribution in [0, 0.1) is 18.7 Å². The van der Waals surface area contributed by atoms with Gasteiger partial charge in [-0.05, 0) is 70.1 Å². The summed E-state index contributed by atoms with van der Waals surface area (Å²) in [5.74, 6) is 0.583. The third-order valence-corrected chi connectivity index (χ3v) is 5.27. The maximum atomic E-state index is 13.4. The first kappa shape index (κ1) is 16.4. The molecule has 0 aromatic heterocycles. The molecule has 1 aliphatic carbocycles. The van der Waals surface area contributed by atoms with Gasteiger partial charge in [0.15, 0.2) is 0 Å². The zero-order valence-electron chi connectivity index (χ0n) is 14.0. The number of aryl methyl sites for hydroxylation is 1. The minimum absolute atomic E-state index is 0.106. The monoisotopic (exact) mass is 292 g/mol. The first-order valence-corrected chi connectivity index (χ1v) is 8.01. The van der Waals surface area contributed by atoms with Crippen LogP contribution in [0.2, 0.25) is 0 Å². The van der Waals surface area contributed by atoms with Crippen LogP contribution in [-0.4, -0.2) is 31.6 Å². The van der Waals surface area contributed by atoms with Crippen LogP contribution in [0.5, 0.6) is 0 Å². The van der Waals surface area contributed by atoms with Crippen LogP contribution in [0.1, 0.15) is 49.8 Å². The van der Waals surface area contributed by atoms with E-state index in [1.807, 2.05) is 20.0 Å². The summed E-state index contributed by atoms with van der Waals surface area (Å²) < 4.78 is 13.4. The third kappa shape index (κ3) is 3.14. The number of nitrogens with zero attached hydrogens (tertiary/aromatic N) is 1. The van der Waals surface area contributed by atoms with Crippen molar-refractivity contribution in [3.05, 3.63) is 35.1 Å². The minimum atomic E-state index is -0.151. The predicted octanol–water partition coefficient (Wildman–Crippen LogP) is 3.91. The van der Waals surface area contributed by atoms with E-state index in [1.165, 1.54) is 31.2 Å². The summed E-state index contributed by atoms with van der Waals surface area (Å²) in [5, 5.41) is 3.53. The largest absolute Gasteiger partial charge is 0.311 e. The molecule has 0 saturated heterocycles. The Labute approximate surface area is 128 Å². The Morgan fingerprint density at radius 2 is 2.10 bits per heavy atom. The Morgan fingerprint density at radius 3 is 2.62 bits per heavy atom. The molecule has 0 heterocycles. The zero-order valence-corrected chi connectivity index (χ0v) is 14.0. The van der Waals surface area contributed by atoms with Gasteiger partial charge in [0, 0.05) is 5.54 Å². The topological polar surface area (TPSA) is 15.3 Å². The van der Waals surface area contributed by atoms with Gasteiger partial charge in [0.05, 0.1) is 6.04 Å². The van der Waals surface area contributed by atoms with Gasteiger partial charge in [0.25, 0.3) is 0 Å². The van der Waals surface area contributed by atoms with E-state index < -0.39 is 0 Å². The summed E-state index contributed by atoms with van der Waals surface area (Å²) in [6.07, 6.45) is 4.95. The second kappa shape index (κ2) is 6.45. The van der Waals surface area contributed by atoms with E-state index in [4.69, 9.17) is 0 Å². The molecule has 1 aromatic carbocycles. The molecule has 118 valence electrons. The van der Waals surface area contributed by atoms with Gasteiger partial charge in [0.2, 0.25) is 0 Å². The molecule has 0 aliphatic heterocycles. The highest BCUT2D eigenvalue weighted by Crippen LogP contribution is 2.44. The fourth-order valence-electron chi connectivity index (χ4n) is 4.17. The van der Waals surface area contributed by atoms with E-state index in [0.29, 0.717) is 0 Å². The maximum absolute atomic E-state index is 13.4. The van der Waals surface area contributed by atoms with E-state index in [0.717, 1.165) is 11.5 Å². The van der Waals surface area contributed by atoms with Crippen molar-refractivity contribution in [3.8, 4) is 0 Å². The van der Waals surface area contributed by atoms with E-state index in [2.05, 4.69) is 31.2 Å². The van der Waals surface area contributed by atoms with E-state index in [1.54, 1.807) is 12.1 Å². The van der Waals surface area contributed by atoms with Crippen LogP contribution in [0.3, 0.4) is 0 Å². The van der Waals surface area contributed by atoms with E-state index in [9.17, 15) is 4.39 Å². The van der Waals surface area contributed by atoms with Crippen LogP contribution in [-0.2, 0) is 0 Å². The molecular formula is C18H29FN2. The lowest BCUT2D eigenvalue weighted by molar-refractivity contribution is 0.0390. The van der Waals surface area contributed by atoms with Crippen LogP contribution in [0.25, 0.3) is 0 Å². The number of benzene rings is 1. The number of hydrogen-bond donors (Lipinski definition) is 1. The van der Waals surface area contributed by atoms with E-state index >= 15 is 0 Å². The molecule has 1 fully saturated rings. The van der Waals surface area contributed by atoms with Gasteiger partial charge in [-0.25, -0.2) is 4.39 Å². The third-order valence-electron chi connectivity index (χ3n) is 5.27. The van der Waals surface area contributed by atoms with Crippen LogP contribution < -0.4 is 5.32 Å². The lowest BCUT2D eigenvalue weighted by Crippen LogP contribution is -2.55. The molecule has 3 heteroatoms. The van der Waals surface area contributed by atoms with Crippen molar-refractivity contribution in [3.63, 3.8) is 0 Å². The molecular weight excluding hydrogens is 263 g/mol. The molecule has 0 spiro atoms. The van der Waals surface area contributed by atoms with Crippen molar-refractivity contribution >= 4 is 0 Å². The lowest BCUT2D eigenvalue weighted by atomic mass is 9.69. The molecule has 1 aromatic rings. The highest BCUT2D eigenvalue weighted by atomic mass is 19.1. The quantitative estimate of drug-likeness (QED) is 0.905. The fourth-order valence-corrected chi connectivity index (χ4v) is 4.17. The Morgan fingerprint density at radius 1 is 1.38 bits per heavy atom. The number of rotatable bonds is 4. The number of halogens is 1. The van der Waals surface area contributed by atoms with Gasteiger partial charge in [-0.1, -0.05) is 25.8 Å². The van der Waals surface area contributed by atoms with Crippen molar-refractivity contribution in [2.75, 3.05) is 21.1 Å². The van der Waals surface area contributed by atoms with Crippen molar-refractivity contribution in [2.45, 2.75) is 51.1 Å². The molecule has 1 saturated carbocycles. The Bertz CT molecular complexity index is 486. The van der Waals surface area contributed by atoms with Crippen molar-refractivity contribution in [2.24, 2.45) is 5.92 Å². The zero-order chi connectivity index (χ0) is 15.6. The minimum Gasteiger partial charge on any atom is -0.311 e. The second-order valence-corrected chi connectivity index (χ2v) is 6.92. The summed E-state index contributed by atoms with van der Waals surface area (Å²) >= 11 is 0. The molecule has 1 aliphatic rings. The Hall–Kier alpha value is -0.930. The van der Waals surface area contributed by atoms with Crippen molar-refractivity contribution in [1.29, 1.82) is 0 Å². The summed E-state index contributed by atoms with van der Waals surface area (Å²) in [7, 11) is 6.39.